The number of nitrogens with zero attached hydrogens (tertiary/aromatic N) is 1. The van der Waals surface area contributed by atoms with Gasteiger partial charge in [0.25, 0.3) is 0 Å². The highest BCUT2D eigenvalue weighted by Crippen LogP contribution is 2.21. The Morgan fingerprint density at radius 1 is 1.14 bits per heavy atom. The van der Waals surface area contributed by atoms with E-state index in [-0.39, 0.29) is 6.54 Å². The maximum Gasteiger partial charge on any atom is 0.187 e. The molecule has 0 saturated carbocycles. The van der Waals surface area contributed by atoms with Crippen molar-refractivity contribution in [1.29, 1.82) is 0 Å². The Kier molecular flexibility index (Phi) is 4.52. The lowest BCUT2D eigenvalue weighted by molar-refractivity contribution is 0.0992. The Hall–Kier alpha value is -2.43. The van der Waals surface area contributed by atoms with Gasteiger partial charge in [0.15, 0.2) is 5.78 Å². The molecule has 21 heavy (non-hydrogen) atoms. The quantitative estimate of drug-likeness (QED) is 0.792. The number of Topliss-reactive ketones (excluding diaryl/α,β-unsaturated/α-hetero) is 1. The molecule has 0 spiro atoms. The van der Waals surface area contributed by atoms with Crippen LogP contribution in [-0.4, -0.2) is 26.5 Å². The number of halogens is 2. The SMILES string of the molecule is COc1cccc(N(C)CC(=O)c2c(F)cccc2F)c1. The highest BCUT2D eigenvalue weighted by Gasteiger charge is 2.18. The number of hydrogen-bond donors (Lipinski definition) is 0. The van der Waals surface area contributed by atoms with Gasteiger partial charge in [-0.1, -0.05) is 12.1 Å². The standard InChI is InChI=1S/C16H15F2NO2/c1-19(11-5-3-6-12(9-11)21-2)10-15(20)16-13(17)7-4-8-14(16)18/h3-9H,10H2,1-2H3. The van der Waals surface area contributed by atoms with Crippen molar-refractivity contribution in [2.45, 2.75) is 0 Å². The van der Waals surface area contributed by atoms with E-state index in [1.54, 1.807) is 43.3 Å². The van der Waals surface area contributed by atoms with E-state index in [0.29, 0.717) is 5.75 Å². The van der Waals surface area contributed by atoms with E-state index >= 15 is 0 Å². The summed E-state index contributed by atoms with van der Waals surface area (Å²) in [6.45, 7) is -0.134. The van der Waals surface area contributed by atoms with Crippen molar-refractivity contribution in [3.8, 4) is 5.75 Å². The van der Waals surface area contributed by atoms with Gasteiger partial charge >= 0.3 is 0 Å². The van der Waals surface area contributed by atoms with Crippen molar-refractivity contribution in [2.75, 3.05) is 25.6 Å². The minimum atomic E-state index is -0.848. The van der Waals surface area contributed by atoms with Crippen LogP contribution in [0.25, 0.3) is 0 Å². The maximum absolute atomic E-state index is 13.6. The maximum atomic E-state index is 13.6. The summed E-state index contributed by atoms with van der Waals surface area (Å²) in [5.41, 5.74) is 0.215. The third-order valence-electron chi connectivity index (χ3n) is 3.12. The predicted octanol–water partition coefficient (Wildman–Crippen LogP) is 3.29. The van der Waals surface area contributed by atoms with Crippen LogP contribution in [0, 0.1) is 11.6 Å². The van der Waals surface area contributed by atoms with Gasteiger partial charge in [0.1, 0.15) is 17.4 Å². The molecule has 0 N–H and O–H groups in total. The molecule has 0 amide bonds. The second-order valence-electron chi connectivity index (χ2n) is 4.58. The summed E-state index contributed by atoms with van der Waals surface area (Å²) < 4.78 is 32.2. The van der Waals surface area contributed by atoms with Crippen molar-refractivity contribution in [3.05, 3.63) is 59.7 Å². The van der Waals surface area contributed by atoms with Gasteiger partial charge in [-0.25, -0.2) is 8.78 Å². The average molecular weight is 291 g/mol. The molecule has 5 heteroatoms. The first-order valence-electron chi connectivity index (χ1n) is 6.35. The first kappa shape index (κ1) is 15.0. The second kappa shape index (κ2) is 6.35. The highest BCUT2D eigenvalue weighted by molar-refractivity contribution is 5.99. The molecule has 0 heterocycles. The van der Waals surface area contributed by atoms with Crippen LogP contribution in [0.4, 0.5) is 14.5 Å². The molecule has 0 aliphatic rings. The zero-order valence-electron chi connectivity index (χ0n) is 11.8. The Morgan fingerprint density at radius 2 is 1.76 bits per heavy atom. The second-order valence-corrected chi connectivity index (χ2v) is 4.58. The first-order valence-corrected chi connectivity index (χ1v) is 6.35. The average Bonchev–Trinajstić information content (AvgIpc) is 2.47. The molecular weight excluding hydrogens is 276 g/mol. The van der Waals surface area contributed by atoms with Gasteiger partial charge in [0.05, 0.1) is 19.2 Å². The van der Waals surface area contributed by atoms with Gasteiger partial charge in [-0.2, -0.15) is 0 Å². The van der Waals surface area contributed by atoms with E-state index in [0.717, 1.165) is 17.8 Å². The fourth-order valence-electron chi connectivity index (χ4n) is 2.00. The number of ether oxygens (including phenoxy) is 1. The van der Waals surface area contributed by atoms with Crippen LogP contribution in [-0.2, 0) is 0 Å². The summed E-state index contributed by atoms with van der Waals surface area (Å²) in [7, 11) is 3.21. The molecule has 0 aliphatic heterocycles. The number of hydrogen-bond acceptors (Lipinski definition) is 3. The minimum Gasteiger partial charge on any atom is -0.497 e. The van der Waals surface area contributed by atoms with Gasteiger partial charge in [-0.3, -0.25) is 4.79 Å². The van der Waals surface area contributed by atoms with Gasteiger partial charge < -0.3 is 9.64 Å². The van der Waals surface area contributed by atoms with E-state index in [9.17, 15) is 13.6 Å². The molecule has 2 aromatic rings. The summed E-state index contributed by atoms with van der Waals surface area (Å²) in [6.07, 6.45) is 0. The molecule has 110 valence electrons. The summed E-state index contributed by atoms with van der Waals surface area (Å²) >= 11 is 0. The number of rotatable bonds is 5. The zero-order valence-corrected chi connectivity index (χ0v) is 11.8. The van der Waals surface area contributed by atoms with Crippen molar-refractivity contribution in [3.63, 3.8) is 0 Å². The fraction of sp³-hybridized carbons (Fsp3) is 0.188. The molecule has 2 rings (SSSR count). The number of benzene rings is 2. The van der Waals surface area contributed by atoms with E-state index < -0.39 is 23.0 Å². The van der Waals surface area contributed by atoms with Crippen LogP contribution in [0.1, 0.15) is 10.4 Å². The van der Waals surface area contributed by atoms with Gasteiger partial charge in [0.2, 0.25) is 0 Å². The van der Waals surface area contributed by atoms with Gasteiger partial charge in [0, 0.05) is 18.8 Å². The van der Waals surface area contributed by atoms with Crippen LogP contribution in [0.5, 0.6) is 5.75 Å². The van der Waals surface area contributed by atoms with Crippen molar-refractivity contribution < 1.29 is 18.3 Å². The molecule has 0 atom stereocenters. The molecule has 3 nitrogen and oxygen atoms in total. The molecule has 0 fully saturated rings. The molecule has 0 aliphatic carbocycles. The Labute approximate surface area is 121 Å². The molecular formula is C16H15F2NO2. The van der Waals surface area contributed by atoms with E-state index in [1.165, 1.54) is 6.07 Å². The molecule has 0 saturated heterocycles. The summed E-state index contributed by atoms with van der Waals surface area (Å²) in [6, 6.07) is 10.4. The molecule has 2 aromatic carbocycles. The Morgan fingerprint density at radius 3 is 2.38 bits per heavy atom. The summed E-state index contributed by atoms with van der Waals surface area (Å²) in [5.74, 6) is -1.67. The smallest absolute Gasteiger partial charge is 0.187 e. The van der Waals surface area contributed by atoms with Crippen LogP contribution in [0.2, 0.25) is 0 Å². The normalized spacial score (nSPS) is 10.3. The third-order valence-corrected chi connectivity index (χ3v) is 3.12. The number of carbonyl (C=O) groups excluding carboxylic acids is 1. The number of anilines is 1. The van der Waals surface area contributed by atoms with Gasteiger partial charge in [-0.15, -0.1) is 0 Å². The van der Waals surface area contributed by atoms with Crippen LogP contribution < -0.4 is 9.64 Å². The zero-order chi connectivity index (χ0) is 15.4. The number of likely N-dealkylation sites (N-methyl/N-ethyl adjacent to an activating group) is 1. The van der Waals surface area contributed by atoms with Crippen molar-refractivity contribution in [1.82, 2.24) is 0 Å². The third kappa shape index (κ3) is 3.37. The summed E-state index contributed by atoms with van der Waals surface area (Å²) in [5, 5.41) is 0. The highest BCUT2D eigenvalue weighted by atomic mass is 19.1. The molecule has 0 radical (unpaired) electrons. The van der Waals surface area contributed by atoms with E-state index in [4.69, 9.17) is 4.74 Å². The van der Waals surface area contributed by atoms with Crippen LogP contribution >= 0.6 is 0 Å². The number of methoxy groups -OCH3 is 1. The lowest BCUT2D eigenvalue weighted by atomic mass is 10.1. The Bertz CT molecular complexity index is 638. The first-order chi connectivity index (χ1) is 10.0. The Balaban J connectivity index is 2.19. The van der Waals surface area contributed by atoms with E-state index in [2.05, 4.69) is 0 Å². The van der Waals surface area contributed by atoms with E-state index in [1.807, 2.05) is 0 Å². The number of ketones is 1. The summed E-state index contributed by atoms with van der Waals surface area (Å²) in [4.78, 5) is 13.7. The van der Waals surface area contributed by atoms with Crippen molar-refractivity contribution in [2.24, 2.45) is 0 Å². The number of carbonyl (C=O) groups is 1. The van der Waals surface area contributed by atoms with Gasteiger partial charge in [-0.05, 0) is 24.3 Å². The molecule has 0 unspecified atom stereocenters. The minimum absolute atomic E-state index is 0.134. The largest absolute Gasteiger partial charge is 0.497 e. The predicted molar refractivity (Wildman–Crippen MR) is 77.0 cm³/mol. The lowest BCUT2D eigenvalue weighted by Crippen LogP contribution is -2.26. The van der Waals surface area contributed by atoms with Crippen LogP contribution in [0.15, 0.2) is 42.5 Å². The molecule has 0 bridgehead atoms. The lowest BCUT2D eigenvalue weighted by Gasteiger charge is -2.19. The van der Waals surface area contributed by atoms with Crippen LogP contribution in [0.3, 0.4) is 0 Å². The van der Waals surface area contributed by atoms with Crippen molar-refractivity contribution >= 4 is 11.5 Å². The topological polar surface area (TPSA) is 29.5 Å². The molecule has 0 aromatic heterocycles. The monoisotopic (exact) mass is 291 g/mol. The fourth-order valence-corrected chi connectivity index (χ4v) is 2.00.